The van der Waals surface area contributed by atoms with E-state index in [4.69, 9.17) is 0 Å². The first-order valence-corrected chi connectivity index (χ1v) is 8.98. The number of Topliss-reactive ketones (excluding diaryl/α,β-unsaturated/α-hetero) is 1. The van der Waals surface area contributed by atoms with E-state index in [1.807, 2.05) is 6.08 Å². The van der Waals surface area contributed by atoms with Gasteiger partial charge >= 0.3 is 0 Å². The second-order valence-corrected chi connectivity index (χ2v) is 8.69. The molecule has 122 valence electrons. The standard InChI is InChI=1S/C19H28O3/c1-18-7-5-11(20)9-15(18)16(21)10-12-13-3-4-17(22)19(13,2)8-6-14(12)18/h9,11-14,16,20-21H,3-8,10H2,1-2H3/t11-,12-,13-,14-,16+,18+,19-/m0/s1. The van der Waals surface area contributed by atoms with Gasteiger partial charge in [-0.1, -0.05) is 19.9 Å². The van der Waals surface area contributed by atoms with Crippen LogP contribution in [0.5, 0.6) is 0 Å². The van der Waals surface area contributed by atoms with Crippen LogP contribution >= 0.6 is 0 Å². The Hall–Kier alpha value is -0.670. The highest BCUT2D eigenvalue weighted by Crippen LogP contribution is 2.64. The van der Waals surface area contributed by atoms with E-state index in [1.54, 1.807) is 0 Å². The van der Waals surface area contributed by atoms with Crippen molar-refractivity contribution in [1.29, 1.82) is 0 Å². The molecule has 0 amide bonds. The van der Waals surface area contributed by atoms with Gasteiger partial charge in [0, 0.05) is 11.8 Å². The van der Waals surface area contributed by atoms with Gasteiger partial charge in [0.15, 0.2) is 0 Å². The molecule has 4 aliphatic carbocycles. The highest BCUT2D eigenvalue weighted by atomic mass is 16.3. The minimum Gasteiger partial charge on any atom is -0.389 e. The Labute approximate surface area is 132 Å². The van der Waals surface area contributed by atoms with Crippen LogP contribution in [0.4, 0.5) is 0 Å². The molecule has 0 aromatic heterocycles. The van der Waals surface area contributed by atoms with Crippen molar-refractivity contribution < 1.29 is 15.0 Å². The first-order chi connectivity index (χ1) is 10.4. The van der Waals surface area contributed by atoms with Gasteiger partial charge in [0.1, 0.15) is 5.78 Å². The molecule has 22 heavy (non-hydrogen) atoms. The number of fused-ring (bicyclic) bond motifs is 5. The van der Waals surface area contributed by atoms with Crippen molar-refractivity contribution >= 4 is 5.78 Å². The predicted molar refractivity (Wildman–Crippen MR) is 84.1 cm³/mol. The van der Waals surface area contributed by atoms with Crippen LogP contribution in [0.3, 0.4) is 0 Å². The second-order valence-electron chi connectivity index (χ2n) is 8.69. The van der Waals surface area contributed by atoms with E-state index in [1.165, 1.54) is 0 Å². The summed E-state index contributed by atoms with van der Waals surface area (Å²) in [6.07, 6.45) is 7.52. The van der Waals surface area contributed by atoms with E-state index in [0.717, 1.165) is 50.5 Å². The summed E-state index contributed by atoms with van der Waals surface area (Å²) in [4.78, 5) is 12.4. The fraction of sp³-hybridized carbons (Fsp3) is 0.842. The average Bonchev–Trinajstić information content (AvgIpc) is 2.77. The van der Waals surface area contributed by atoms with Gasteiger partial charge in [-0.15, -0.1) is 0 Å². The van der Waals surface area contributed by atoms with Crippen LogP contribution in [-0.2, 0) is 4.79 Å². The molecule has 2 N–H and O–H groups in total. The van der Waals surface area contributed by atoms with Gasteiger partial charge in [0.2, 0.25) is 0 Å². The van der Waals surface area contributed by atoms with E-state index in [2.05, 4.69) is 13.8 Å². The molecule has 0 aliphatic heterocycles. The fourth-order valence-corrected chi connectivity index (χ4v) is 6.53. The van der Waals surface area contributed by atoms with Crippen molar-refractivity contribution in [2.75, 3.05) is 0 Å². The molecule has 0 aromatic rings. The van der Waals surface area contributed by atoms with Crippen molar-refractivity contribution in [3.8, 4) is 0 Å². The van der Waals surface area contributed by atoms with Crippen molar-refractivity contribution in [1.82, 2.24) is 0 Å². The second kappa shape index (κ2) is 4.67. The maximum atomic E-state index is 12.4. The number of carbonyl (C=O) groups excluding carboxylic acids is 1. The summed E-state index contributed by atoms with van der Waals surface area (Å²) in [6.45, 7) is 4.47. The molecular formula is C19H28O3. The lowest BCUT2D eigenvalue weighted by Gasteiger charge is -2.58. The van der Waals surface area contributed by atoms with Gasteiger partial charge in [-0.3, -0.25) is 4.79 Å². The third-order valence-electron chi connectivity index (χ3n) is 7.81. The van der Waals surface area contributed by atoms with E-state index in [9.17, 15) is 15.0 Å². The summed E-state index contributed by atoms with van der Waals surface area (Å²) in [5.41, 5.74) is 0.974. The average molecular weight is 304 g/mol. The lowest BCUT2D eigenvalue weighted by atomic mass is 9.47. The first kappa shape index (κ1) is 14.9. The van der Waals surface area contributed by atoms with Crippen LogP contribution in [0.15, 0.2) is 11.6 Å². The normalized spacial score (nSPS) is 54.3. The number of hydrogen-bond acceptors (Lipinski definition) is 3. The molecule has 0 saturated heterocycles. The number of ketones is 1. The molecule has 0 radical (unpaired) electrons. The summed E-state index contributed by atoms with van der Waals surface area (Å²) < 4.78 is 0. The van der Waals surface area contributed by atoms with Crippen LogP contribution in [0.25, 0.3) is 0 Å². The zero-order valence-electron chi connectivity index (χ0n) is 13.7. The summed E-state index contributed by atoms with van der Waals surface area (Å²) in [6, 6.07) is 0. The monoisotopic (exact) mass is 304 g/mol. The minimum absolute atomic E-state index is 0.0224. The molecule has 4 aliphatic rings. The Kier molecular flexibility index (Phi) is 3.16. The van der Waals surface area contributed by atoms with Crippen LogP contribution in [0.1, 0.15) is 58.8 Å². The number of hydrogen-bond donors (Lipinski definition) is 2. The van der Waals surface area contributed by atoms with Gasteiger partial charge in [-0.05, 0) is 67.3 Å². The van der Waals surface area contributed by atoms with Gasteiger partial charge in [-0.25, -0.2) is 0 Å². The van der Waals surface area contributed by atoms with Gasteiger partial charge in [-0.2, -0.15) is 0 Å². The van der Waals surface area contributed by atoms with Crippen LogP contribution in [0, 0.1) is 28.6 Å². The third kappa shape index (κ3) is 1.78. The molecular weight excluding hydrogens is 276 g/mol. The highest BCUT2D eigenvalue weighted by molar-refractivity contribution is 5.87. The molecule has 0 heterocycles. The minimum atomic E-state index is -0.431. The van der Waals surface area contributed by atoms with Crippen molar-refractivity contribution in [3.63, 3.8) is 0 Å². The fourth-order valence-electron chi connectivity index (χ4n) is 6.53. The van der Waals surface area contributed by atoms with Gasteiger partial charge < -0.3 is 10.2 Å². The maximum absolute atomic E-state index is 12.4. The van der Waals surface area contributed by atoms with Crippen molar-refractivity contribution in [3.05, 3.63) is 11.6 Å². The Balaban J connectivity index is 1.73. The van der Waals surface area contributed by atoms with E-state index < -0.39 is 12.2 Å². The molecule has 3 heteroatoms. The Morgan fingerprint density at radius 3 is 2.50 bits per heavy atom. The van der Waals surface area contributed by atoms with E-state index >= 15 is 0 Å². The number of aliphatic hydroxyl groups excluding tert-OH is 2. The molecule has 3 saturated carbocycles. The van der Waals surface area contributed by atoms with Crippen molar-refractivity contribution in [2.24, 2.45) is 28.6 Å². The van der Waals surface area contributed by atoms with Crippen LogP contribution < -0.4 is 0 Å². The van der Waals surface area contributed by atoms with Gasteiger partial charge in [0.05, 0.1) is 12.2 Å². The lowest BCUT2D eigenvalue weighted by Crippen LogP contribution is -2.54. The zero-order chi connectivity index (χ0) is 15.7. The number of rotatable bonds is 0. The molecule has 7 atom stereocenters. The Bertz CT molecular complexity index is 539. The van der Waals surface area contributed by atoms with Gasteiger partial charge in [0.25, 0.3) is 0 Å². The maximum Gasteiger partial charge on any atom is 0.139 e. The Morgan fingerprint density at radius 1 is 1.05 bits per heavy atom. The summed E-state index contributed by atoms with van der Waals surface area (Å²) in [5.74, 6) is 1.95. The molecule has 0 unspecified atom stereocenters. The lowest BCUT2D eigenvalue weighted by molar-refractivity contribution is -0.134. The van der Waals surface area contributed by atoms with E-state index in [-0.39, 0.29) is 10.8 Å². The third-order valence-corrected chi connectivity index (χ3v) is 7.81. The molecule has 4 rings (SSSR count). The topological polar surface area (TPSA) is 57.5 Å². The molecule has 3 nitrogen and oxygen atoms in total. The van der Waals surface area contributed by atoms with Crippen LogP contribution in [0.2, 0.25) is 0 Å². The zero-order valence-corrected chi connectivity index (χ0v) is 13.7. The smallest absolute Gasteiger partial charge is 0.139 e. The predicted octanol–water partition coefficient (Wildman–Crippen LogP) is 2.85. The summed E-state index contributed by atoms with van der Waals surface area (Å²) >= 11 is 0. The number of aliphatic hydroxyl groups is 2. The SMILES string of the molecule is C[C@]12CC[C@H](O)C=C1[C@H](O)C[C@@H]1[C@@H]2CC[C@]2(C)C(=O)CC[C@@H]12. The highest BCUT2D eigenvalue weighted by Gasteiger charge is 2.60. The molecule has 0 bridgehead atoms. The summed E-state index contributed by atoms with van der Waals surface area (Å²) in [5, 5.41) is 20.7. The number of carbonyl (C=O) groups is 1. The largest absolute Gasteiger partial charge is 0.389 e. The molecule has 0 spiro atoms. The van der Waals surface area contributed by atoms with E-state index in [0.29, 0.717) is 23.5 Å². The van der Waals surface area contributed by atoms with Crippen LogP contribution in [-0.4, -0.2) is 28.2 Å². The van der Waals surface area contributed by atoms with Crippen molar-refractivity contribution in [2.45, 2.75) is 71.0 Å². The molecule has 0 aromatic carbocycles. The quantitative estimate of drug-likeness (QED) is 0.677. The Morgan fingerprint density at radius 2 is 1.73 bits per heavy atom. The first-order valence-electron chi connectivity index (χ1n) is 8.98. The summed E-state index contributed by atoms with van der Waals surface area (Å²) in [7, 11) is 0. The molecule has 3 fully saturated rings.